The summed E-state index contributed by atoms with van der Waals surface area (Å²) in [6.45, 7) is 13.7. The van der Waals surface area contributed by atoms with E-state index in [2.05, 4.69) is 12.1 Å². The van der Waals surface area contributed by atoms with Gasteiger partial charge < -0.3 is 9.84 Å². The van der Waals surface area contributed by atoms with Gasteiger partial charge in [-0.2, -0.15) is 0 Å². The molecule has 4 heteroatoms. The van der Waals surface area contributed by atoms with Crippen molar-refractivity contribution in [1.82, 2.24) is 0 Å². The predicted octanol–water partition coefficient (Wildman–Crippen LogP) is 6.88. The summed E-state index contributed by atoms with van der Waals surface area (Å²) in [5, 5.41) is 9.19. The second-order valence-corrected chi connectivity index (χ2v) is 9.56. The number of hydrogen-bond acceptors (Lipinski definition) is 3. The summed E-state index contributed by atoms with van der Waals surface area (Å²) in [6, 6.07) is 19.9. The van der Waals surface area contributed by atoms with E-state index in [1.165, 1.54) is 5.56 Å². The molecular formula is C28H40O4. The Balaban J connectivity index is 0.000000320. The Bertz CT molecular complexity index is 825. The first-order valence-corrected chi connectivity index (χ1v) is 11.5. The first-order chi connectivity index (χ1) is 14.9. The molecular weight excluding hydrogens is 400 g/mol. The third-order valence-corrected chi connectivity index (χ3v) is 5.99. The van der Waals surface area contributed by atoms with E-state index in [1.807, 2.05) is 97.0 Å². The van der Waals surface area contributed by atoms with Crippen molar-refractivity contribution in [3.8, 4) is 0 Å². The zero-order chi connectivity index (χ0) is 24.4. The predicted molar refractivity (Wildman–Crippen MR) is 130 cm³/mol. The number of carboxylic acid groups (broad SMARTS) is 1. The van der Waals surface area contributed by atoms with Gasteiger partial charge in [-0.3, -0.25) is 9.59 Å². The summed E-state index contributed by atoms with van der Waals surface area (Å²) in [6.07, 6.45) is 2.29. The van der Waals surface area contributed by atoms with Crippen LogP contribution in [0.2, 0.25) is 0 Å². The van der Waals surface area contributed by atoms with Gasteiger partial charge in [0.05, 0.1) is 11.8 Å². The van der Waals surface area contributed by atoms with E-state index in [-0.39, 0.29) is 23.2 Å². The molecule has 0 heterocycles. The number of aliphatic carboxylic acids is 1. The Morgan fingerprint density at radius 1 is 0.875 bits per heavy atom. The molecule has 0 saturated carbocycles. The molecule has 4 nitrogen and oxygen atoms in total. The summed E-state index contributed by atoms with van der Waals surface area (Å²) in [5.74, 6) is -1.14. The molecule has 0 aliphatic carbocycles. The quantitative estimate of drug-likeness (QED) is 0.432. The van der Waals surface area contributed by atoms with Gasteiger partial charge in [0, 0.05) is 0 Å². The zero-order valence-electron chi connectivity index (χ0n) is 20.7. The van der Waals surface area contributed by atoms with E-state index in [9.17, 15) is 14.7 Å². The van der Waals surface area contributed by atoms with Crippen LogP contribution in [0.4, 0.5) is 0 Å². The number of ether oxygens (including phenoxy) is 1. The molecule has 2 aromatic carbocycles. The second kappa shape index (κ2) is 12.4. The number of benzene rings is 2. The lowest BCUT2D eigenvalue weighted by molar-refractivity contribution is -0.162. The molecule has 0 saturated heterocycles. The SMILES string of the molecule is CCC(C(=O)O)C(C)(C)Cc1ccccc1.CCC(C)C(=O)OC(C)(C)c1ccccc1. The highest BCUT2D eigenvalue weighted by Crippen LogP contribution is 2.33. The maximum atomic E-state index is 11.7. The van der Waals surface area contributed by atoms with Crippen LogP contribution in [0.15, 0.2) is 60.7 Å². The summed E-state index contributed by atoms with van der Waals surface area (Å²) >= 11 is 0. The van der Waals surface area contributed by atoms with E-state index in [0.717, 1.165) is 18.4 Å². The van der Waals surface area contributed by atoms with Gasteiger partial charge in [0.2, 0.25) is 0 Å². The molecule has 0 radical (unpaired) electrons. The molecule has 0 spiro atoms. The van der Waals surface area contributed by atoms with Gasteiger partial charge in [-0.15, -0.1) is 0 Å². The highest BCUT2D eigenvalue weighted by atomic mass is 16.6. The summed E-state index contributed by atoms with van der Waals surface area (Å²) in [7, 11) is 0. The topological polar surface area (TPSA) is 63.6 Å². The Hall–Kier alpha value is -2.62. The smallest absolute Gasteiger partial charge is 0.309 e. The molecule has 0 amide bonds. The van der Waals surface area contributed by atoms with Crippen molar-refractivity contribution < 1.29 is 19.4 Å². The number of carbonyl (C=O) groups excluding carboxylic acids is 1. The van der Waals surface area contributed by atoms with Crippen molar-refractivity contribution in [2.24, 2.45) is 17.3 Å². The van der Waals surface area contributed by atoms with Crippen LogP contribution in [0.1, 0.15) is 72.4 Å². The Morgan fingerprint density at radius 2 is 1.38 bits per heavy atom. The maximum Gasteiger partial charge on any atom is 0.309 e. The molecule has 32 heavy (non-hydrogen) atoms. The van der Waals surface area contributed by atoms with Crippen LogP contribution >= 0.6 is 0 Å². The van der Waals surface area contributed by atoms with Crippen LogP contribution in [0.25, 0.3) is 0 Å². The molecule has 176 valence electrons. The lowest BCUT2D eigenvalue weighted by Gasteiger charge is -2.31. The zero-order valence-corrected chi connectivity index (χ0v) is 20.7. The molecule has 1 N–H and O–H groups in total. The molecule has 0 aliphatic heterocycles. The minimum atomic E-state index is -0.691. The van der Waals surface area contributed by atoms with E-state index in [0.29, 0.717) is 6.42 Å². The van der Waals surface area contributed by atoms with Crippen LogP contribution in [-0.4, -0.2) is 17.0 Å². The lowest BCUT2D eigenvalue weighted by atomic mass is 9.73. The minimum Gasteiger partial charge on any atom is -0.481 e. The van der Waals surface area contributed by atoms with E-state index >= 15 is 0 Å². The number of esters is 1. The van der Waals surface area contributed by atoms with Gasteiger partial charge in [-0.1, -0.05) is 95.3 Å². The monoisotopic (exact) mass is 440 g/mol. The van der Waals surface area contributed by atoms with Crippen molar-refractivity contribution in [1.29, 1.82) is 0 Å². The third-order valence-electron chi connectivity index (χ3n) is 5.99. The minimum absolute atomic E-state index is 0.0389. The van der Waals surface area contributed by atoms with Crippen molar-refractivity contribution in [2.75, 3.05) is 0 Å². The maximum absolute atomic E-state index is 11.7. The highest BCUT2D eigenvalue weighted by Gasteiger charge is 2.33. The Morgan fingerprint density at radius 3 is 1.81 bits per heavy atom. The number of hydrogen-bond donors (Lipinski definition) is 1. The fourth-order valence-corrected chi connectivity index (χ4v) is 3.72. The van der Waals surface area contributed by atoms with Gasteiger partial charge in [-0.05, 0) is 49.7 Å². The van der Waals surface area contributed by atoms with E-state index in [4.69, 9.17) is 4.74 Å². The Labute approximate surface area is 194 Å². The third kappa shape index (κ3) is 8.49. The fraction of sp³-hybridized carbons (Fsp3) is 0.500. The number of carbonyl (C=O) groups is 2. The highest BCUT2D eigenvalue weighted by molar-refractivity contribution is 5.72. The summed E-state index contributed by atoms with van der Waals surface area (Å²) in [5.41, 5.74) is 1.46. The number of rotatable bonds is 9. The van der Waals surface area contributed by atoms with E-state index in [1.54, 1.807) is 0 Å². The van der Waals surface area contributed by atoms with Gasteiger partial charge in [0.15, 0.2) is 0 Å². The molecule has 2 aromatic rings. The van der Waals surface area contributed by atoms with Crippen LogP contribution in [0, 0.1) is 17.3 Å². The average molecular weight is 441 g/mol. The molecule has 0 aliphatic rings. The molecule has 2 atom stereocenters. The Kier molecular flexibility index (Phi) is 10.6. The van der Waals surface area contributed by atoms with Gasteiger partial charge >= 0.3 is 11.9 Å². The van der Waals surface area contributed by atoms with Gasteiger partial charge in [-0.25, -0.2) is 0 Å². The van der Waals surface area contributed by atoms with E-state index < -0.39 is 11.6 Å². The van der Waals surface area contributed by atoms with Crippen LogP contribution in [0.3, 0.4) is 0 Å². The van der Waals surface area contributed by atoms with Crippen LogP contribution < -0.4 is 0 Å². The summed E-state index contributed by atoms with van der Waals surface area (Å²) < 4.78 is 5.54. The van der Waals surface area contributed by atoms with Crippen molar-refractivity contribution in [3.05, 3.63) is 71.8 Å². The van der Waals surface area contributed by atoms with Gasteiger partial charge in [0.25, 0.3) is 0 Å². The van der Waals surface area contributed by atoms with Crippen molar-refractivity contribution >= 4 is 11.9 Å². The average Bonchev–Trinajstić information content (AvgIpc) is 2.74. The lowest BCUT2D eigenvalue weighted by Crippen LogP contribution is -2.32. The van der Waals surface area contributed by atoms with Gasteiger partial charge in [0.1, 0.15) is 5.60 Å². The molecule has 2 rings (SSSR count). The second-order valence-electron chi connectivity index (χ2n) is 9.56. The number of carboxylic acids is 1. The fourth-order valence-electron chi connectivity index (χ4n) is 3.72. The first kappa shape index (κ1) is 27.4. The largest absolute Gasteiger partial charge is 0.481 e. The molecule has 0 bridgehead atoms. The van der Waals surface area contributed by atoms with Crippen molar-refractivity contribution in [2.45, 2.75) is 73.3 Å². The summed E-state index contributed by atoms with van der Waals surface area (Å²) in [4.78, 5) is 22.9. The van der Waals surface area contributed by atoms with Crippen molar-refractivity contribution in [3.63, 3.8) is 0 Å². The molecule has 2 unspecified atom stereocenters. The standard InChI is InChI=1S/2C14H20O2/c1-5-11(2)13(15)16-14(3,4)12-9-7-6-8-10-12;1-4-12(13(15)16)14(2,3)10-11-8-6-5-7-9-11/h6-11H,5H2,1-4H3;5-9,12H,4,10H2,1-3H3,(H,15,16). The molecule has 0 aromatic heterocycles. The molecule has 0 fully saturated rings. The first-order valence-electron chi connectivity index (χ1n) is 11.5. The normalized spacial score (nSPS) is 13.3. The van der Waals surface area contributed by atoms with Crippen LogP contribution in [0.5, 0.6) is 0 Å². The van der Waals surface area contributed by atoms with Crippen LogP contribution in [-0.2, 0) is 26.3 Å².